The lowest BCUT2D eigenvalue weighted by molar-refractivity contribution is -0.118. The molecule has 1 amide bonds. The average Bonchev–Trinajstić information content (AvgIpc) is 2.30. The Morgan fingerprint density at radius 1 is 1.47 bits per heavy atom. The number of nitrogens with one attached hydrogen (secondary N) is 1. The molecule has 0 spiro atoms. The molecule has 5 nitrogen and oxygen atoms in total. The number of hydrogen-bond donors (Lipinski definition) is 2. The van der Waals surface area contributed by atoms with E-state index in [0.717, 1.165) is 0 Å². The summed E-state index contributed by atoms with van der Waals surface area (Å²) in [7, 11) is 0. The highest BCUT2D eigenvalue weighted by Crippen LogP contribution is 2.21. The number of anilines is 1. The summed E-state index contributed by atoms with van der Waals surface area (Å²) in [6.45, 7) is 1.61. The van der Waals surface area contributed by atoms with E-state index in [-0.39, 0.29) is 5.52 Å². The highest BCUT2D eigenvalue weighted by atomic mass is 19.1. The Balaban J connectivity index is 2.48. The Morgan fingerprint density at radius 3 is 2.94 bits per heavy atom. The van der Waals surface area contributed by atoms with Crippen molar-refractivity contribution in [2.24, 2.45) is 5.73 Å². The lowest BCUT2D eigenvalue weighted by Crippen LogP contribution is -2.32. The van der Waals surface area contributed by atoms with Crippen LogP contribution in [0, 0.1) is 5.82 Å². The Morgan fingerprint density at radius 2 is 2.24 bits per heavy atom. The van der Waals surface area contributed by atoms with Gasteiger partial charge in [-0.25, -0.2) is 14.4 Å². The first-order valence-corrected chi connectivity index (χ1v) is 5.04. The van der Waals surface area contributed by atoms with Crippen molar-refractivity contribution in [2.45, 2.75) is 13.0 Å². The Hall–Kier alpha value is -2.24. The van der Waals surface area contributed by atoms with E-state index in [2.05, 4.69) is 15.3 Å². The molecule has 0 aliphatic heterocycles. The number of para-hydroxylation sites is 1. The molecule has 88 valence electrons. The summed E-state index contributed by atoms with van der Waals surface area (Å²) in [6, 6.07) is 3.96. The molecule has 1 heterocycles. The normalized spacial score (nSPS) is 12.4. The van der Waals surface area contributed by atoms with E-state index in [1.807, 2.05) is 0 Å². The minimum atomic E-state index is -0.587. The smallest absolute Gasteiger partial charge is 0.239 e. The molecule has 0 fully saturated rings. The molecule has 17 heavy (non-hydrogen) atoms. The number of aromatic nitrogens is 2. The van der Waals surface area contributed by atoms with Crippen LogP contribution in [0.4, 0.5) is 10.2 Å². The van der Waals surface area contributed by atoms with E-state index < -0.39 is 17.8 Å². The van der Waals surface area contributed by atoms with Crippen molar-refractivity contribution >= 4 is 22.6 Å². The number of benzene rings is 1. The topological polar surface area (TPSA) is 80.9 Å². The number of carbonyl (C=O) groups is 1. The molecule has 2 aromatic rings. The molecule has 1 aromatic carbocycles. The maximum absolute atomic E-state index is 13.5. The lowest BCUT2D eigenvalue weighted by Gasteiger charge is -2.12. The molecule has 0 aliphatic rings. The molecular formula is C11H11FN4O. The summed E-state index contributed by atoms with van der Waals surface area (Å²) >= 11 is 0. The van der Waals surface area contributed by atoms with Crippen LogP contribution in [0.5, 0.6) is 0 Å². The highest BCUT2D eigenvalue weighted by Gasteiger charge is 2.12. The van der Waals surface area contributed by atoms with E-state index in [9.17, 15) is 9.18 Å². The van der Waals surface area contributed by atoms with Gasteiger partial charge in [0.2, 0.25) is 5.91 Å². The van der Waals surface area contributed by atoms with Crippen LogP contribution in [-0.2, 0) is 4.79 Å². The van der Waals surface area contributed by atoms with E-state index in [1.54, 1.807) is 19.1 Å². The minimum absolute atomic E-state index is 0.210. The first-order valence-electron chi connectivity index (χ1n) is 5.04. The highest BCUT2D eigenvalue weighted by molar-refractivity contribution is 5.91. The molecule has 0 bridgehead atoms. The van der Waals surface area contributed by atoms with Gasteiger partial charge in [0, 0.05) is 5.39 Å². The van der Waals surface area contributed by atoms with Crippen LogP contribution in [0.15, 0.2) is 24.5 Å². The number of nitrogens with zero attached hydrogens (tertiary/aromatic N) is 2. The third-order valence-electron chi connectivity index (χ3n) is 2.40. The monoisotopic (exact) mass is 234 g/mol. The molecule has 0 radical (unpaired) electrons. The van der Waals surface area contributed by atoms with Crippen LogP contribution >= 0.6 is 0 Å². The van der Waals surface area contributed by atoms with Gasteiger partial charge in [-0.15, -0.1) is 0 Å². The van der Waals surface area contributed by atoms with Crippen molar-refractivity contribution in [3.05, 3.63) is 30.3 Å². The maximum Gasteiger partial charge on any atom is 0.239 e. The molecule has 1 atom stereocenters. The Kier molecular flexibility index (Phi) is 2.86. The van der Waals surface area contributed by atoms with Crippen molar-refractivity contribution < 1.29 is 9.18 Å². The third kappa shape index (κ3) is 2.15. The molecule has 0 aliphatic carbocycles. The lowest BCUT2D eigenvalue weighted by atomic mass is 10.2. The minimum Gasteiger partial charge on any atom is -0.368 e. The molecule has 1 unspecified atom stereocenters. The molecule has 2 rings (SSSR count). The molecule has 6 heteroatoms. The van der Waals surface area contributed by atoms with Gasteiger partial charge in [-0.3, -0.25) is 4.79 Å². The summed E-state index contributed by atoms with van der Waals surface area (Å²) < 4.78 is 13.5. The number of hydrogen-bond acceptors (Lipinski definition) is 4. The predicted molar refractivity (Wildman–Crippen MR) is 61.8 cm³/mol. The standard InChI is InChI=1S/C11H11FN4O/c1-6(10(13)17)16-11-7-3-2-4-8(12)9(7)14-5-15-11/h2-6H,1H3,(H2,13,17)(H,14,15,16). The van der Waals surface area contributed by atoms with Crippen LogP contribution in [0.2, 0.25) is 0 Å². The summed E-state index contributed by atoms with van der Waals surface area (Å²) in [6.07, 6.45) is 1.24. The van der Waals surface area contributed by atoms with Crippen LogP contribution < -0.4 is 11.1 Å². The summed E-state index contributed by atoms with van der Waals surface area (Å²) in [4.78, 5) is 18.8. The second-order valence-corrected chi connectivity index (χ2v) is 3.63. The van der Waals surface area contributed by atoms with Gasteiger partial charge in [0.05, 0.1) is 0 Å². The van der Waals surface area contributed by atoms with Gasteiger partial charge in [-0.05, 0) is 19.1 Å². The van der Waals surface area contributed by atoms with Crippen molar-refractivity contribution in [1.29, 1.82) is 0 Å². The average molecular weight is 234 g/mol. The quantitative estimate of drug-likeness (QED) is 0.831. The molecule has 3 N–H and O–H groups in total. The van der Waals surface area contributed by atoms with Gasteiger partial charge >= 0.3 is 0 Å². The molecule has 0 saturated heterocycles. The van der Waals surface area contributed by atoms with Crippen molar-refractivity contribution in [2.75, 3.05) is 5.32 Å². The number of fused-ring (bicyclic) bond motifs is 1. The first kappa shape index (κ1) is 11.3. The Bertz CT molecular complexity index is 572. The number of halogens is 1. The summed E-state index contributed by atoms with van der Waals surface area (Å²) in [5, 5.41) is 3.33. The second kappa shape index (κ2) is 4.32. The van der Waals surface area contributed by atoms with Crippen molar-refractivity contribution in [3.63, 3.8) is 0 Å². The van der Waals surface area contributed by atoms with Crippen LogP contribution in [0.1, 0.15) is 6.92 Å². The van der Waals surface area contributed by atoms with Gasteiger partial charge in [0.1, 0.15) is 29.5 Å². The zero-order valence-electron chi connectivity index (χ0n) is 9.14. The van der Waals surface area contributed by atoms with Gasteiger partial charge in [-0.2, -0.15) is 0 Å². The molecule has 1 aromatic heterocycles. The fourth-order valence-electron chi connectivity index (χ4n) is 1.44. The summed E-state index contributed by atoms with van der Waals surface area (Å²) in [5.41, 5.74) is 5.35. The van der Waals surface area contributed by atoms with E-state index >= 15 is 0 Å². The second-order valence-electron chi connectivity index (χ2n) is 3.63. The van der Waals surface area contributed by atoms with Gasteiger partial charge in [0.25, 0.3) is 0 Å². The van der Waals surface area contributed by atoms with E-state index in [0.29, 0.717) is 11.2 Å². The van der Waals surface area contributed by atoms with Crippen LogP contribution in [0.3, 0.4) is 0 Å². The van der Waals surface area contributed by atoms with Gasteiger partial charge < -0.3 is 11.1 Å². The fraction of sp³-hybridized carbons (Fsp3) is 0.182. The SMILES string of the molecule is CC(Nc1ncnc2c(F)cccc12)C(N)=O. The zero-order valence-corrected chi connectivity index (χ0v) is 9.14. The number of nitrogens with two attached hydrogens (primary N) is 1. The zero-order chi connectivity index (χ0) is 12.4. The number of rotatable bonds is 3. The predicted octanol–water partition coefficient (Wildman–Crippen LogP) is 1.05. The maximum atomic E-state index is 13.5. The van der Waals surface area contributed by atoms with Crippen molar-refractivity contribution in [1.82, 2.24) is 9.97 Å². The van der Waals surface area contributed by atoms with Crippen molar-refractivity contribution in [3.8, 4) is 0 Å². The fourth-order valence-corrected chi connectivity index (χ4v) is 1.44. The van der Waals surface area contributed by atoms with E-state index in [4.69, 9.17) is 5.73 Å². The van der Waals surface area contributed by atoms with Gasteiger partial charge in [-0.1, -0.05) is 6.07 Å². The number of carbonyl (C=O) groups excluding carboxylic acids is 1. The van der Waals surface area contributed by atoms with E-state index in [1.165, 1.54) is 12.4 Å². The summed E-state index contributed by atoms with van der Waals surface area (Å²) in [5.74, 6) is -0.548. The number of primary amides is 1. The van der Waals surface area contributed by atoms with Crippen LogP contribution in [0.25, 0.3) is 10.9 Å². The molecule has 0 saturated carbocycles. The Labute approximate surface area is 96.9 Å². The third-order valence-corrected chi connectivity index (χ3v) is 2.40. The van der Waals surface area contributed by atoms with Crippen LogP contribution in [-0.4, -0.2) is 21.9 Å². The number of amides is 1. The first-order chi connectivity index (χ1) is 8.09. The van der Waals surface area contributed by atoms with Gasteiger partial charge in [0.15, 0.2) is 0 Å². The molecular weight excluding hydrogens is 223 g/mol. The largest absolute Gasteiger partial charge is 0.368 e.